The Morgan fingerprint density at radius 3 is 1.81 bits per heavy atom. The fourth-order valence-corrected chi connectivity index (χ4v) is 12.0. The molecule has 414 valence electrons. The summed E-state index contributed by atoms with van der Waals surface area (Å²) in [5.74, 6) is 1.81. The summed E-state index contributed by atoms with van der Waals surface area (Å²) in [6.07, 6.45) is 5.85. The van der Waals surface area contributed by atoms with Crippen molar-refractivity contribution in [3.8, 4) is 95.5 Å². The number of hydrogen-bond donors (Lipinski definition) is 0. The second-order valence-electron chi connectivity index (χ2n) is 24.9. The summed E-state index contributed by atoms with van der Waals surface area (Å²) < 4.78 is 58.6. The Bertz CT molecular complexity index is 4970. The second kappa shape index (κ2) is 20.8. The minimum Gasteiger partial charge on any atom is -0.510 e. The molecule has 0 amide bonds. The van der Waals surface area contributed by atoms with E-state index in [0.29, 0.717) is 22.7 Å². The van der Waals surface area contributed by atoms with Gasteiger partial charge >= 0.3 is 0 Å². The van der Waals surface area contributed by atoms with Gasteiger partial charge in [0.05, 0.1) is 23.6 Å². The Morgan fingerprint density at radius 1 is 0.464 bits per heavy atom. The van der Waals surface area contributed by atoms with Gasteiger partial charge in [-0.3, -0.25) is 4.57 Å². The van der Waals surface area contributed by atoms with Crippen molar-refractivity contribution in [3.63, 3.8) is 0 Å². The molecule has 0 unspecified atom stereocenters. The van der Waals surface area contributed by atoms with Crippen molar-refractivity contribution in [2.24, 2.45) is 0 Å². The fraction of sp³-hybridized carbons (Fsp3) is 0.154. The monoisotopic (exact) mass is 1270 g/mol. The van der Waals surface area contributed by atoms with Gasteiger partial charge in [0.2, 0.25) is 0 Å². The number of rotatable bonds is 7. The van der Waals surface area contributed by atoms with Crippen molar-refractivity contribution in [1.82, 2.24) is 14.1 Å². The molecule has 4 heterocycles. The van der Waals surface area contributed by atoms with E-state index in [2.05, 4.69) is 234 Å². The van der Waals surface area contributed by atoms with E-state index in [9.17, 15) is 2.74 Å². The average molecular weight is 1270 g/mol. The van der Waals surface area contributed by atoms with Crippen LogP contribution in [0.2, 0.25) is 0 Å². The second-order valence-corrected chi connectivity index (χ2v) is 24.9. The van der Waals surface area contributed by atoms with E-state index < -0.39 is 18.1 Å². The Kier molecular flexibility index (Phi) is 12.0. The minimum absolute atomic E-state index is 0. The Labute approximate surface area is 514 Å². The summed E-state index contributed by atoms with van der Waals surface area (Å²) in [4.78, 5) is 4.91. The summed E-state index contributed by atoms with van der Waals surface area (Å²) in [6.45, 7) is 20.0. The van der Waals surface area contributed by atoms with Crippen LogP contribution >= 0.6 is 0 Å². The van der Waals surface area contributed by atoms with Gasteiger partial charge in [0, 0.05) is 44.3 Å². The van der Waals surface area contributed by atoms with Crippen LogP contribution in [0.5, 0.6) is 11.5 Å². The number of pyridine rings is 1. The van der Waals surface area contributed by atoms with Crippen LogP contribution in [0.15, 0.2) is 224 Å². The number of imidazole rings is 1. The number of aromatic nitrogens is 4. The molecule has 13 aromatic rings. The number of ether oxygens (including phenoxy) is 1. The molecule has 0 spiro atoms. The molecule has 0 radical (unpaired) electrons. The first-order chi connectivity index (χ1) is 42.1. The first-order valence-electron chi connectivity index (χ1n) is 30.9. The van der Waals surface area contributed by atoms with Crippen molar-refractivity contribution < 1.29 is 37.2 Å². The van der Waals surface area contributed by atoms with E-state index in [0.717, 1.165) is 100.0 Å². The zero-order valence-electron chi connectivity index (χ0n) is 53.5. The molecular weight excluding hydrogens is 1200 g/mol. The molecule has 6 heteroatoms. The standard InChI is InChI=1S/C78H64N4O.Pt/c1-76(2,3)54-36-32-50(33-37-54)53-44-68-62-24-13-14-26-65(62)73-60(51-20-11-10-12-21-51)27-18-29-66(73)67-30-19-28-61(52-34-38-55(39-35-52)77(4,5)6)74(67)81-49-80(71(45-53)75(68)81)57-22-17-23-58(47-57)83-59-40-41-64-63-25-15-16-31-69(63)82(70(64)48-59)72-46-56(42-43-79-72)78(7,8)9;/h10-46H,1-9H3;/q-2;/i10D,11D,12D,20D,21D;. The molecule has 0 atom stereocenters. The SMILES string of the molecule is [2H]c1c([2H])c([2H])c(-c2cccc3c2-c2ccccc2-c2cc(-c4ccc(C(C)(C)C)cc4)cc4c2[n+]([c-]n4-c2[c-]c(Oc4[c-]c5c(cc4)c4ccccc4n5-c4cc(C(C)(C)C)ccn4)ccc2)-c2c(-c4ccc(C(C)(C)C)cc4)cccc2-3)c([2H])c1[2H].[Pt]. The molecule has 3 aromatic heterocycles. The molecule has 0 saturated heterocycles. The summed E-state index contributed by atoms with van der Waals surface area (Å²) in [7, 11) is 0. The molecule has 14 rings (SSSR count). The Hall–Kier alpha value is -8.89. The smallest absolute Gasteiger partial charge is 0.268 e. The van der Waals surface area contributed by atoms with Crippen molar-refractivity contribution in [3.05, 3.63) is 260 Å². The molecule has 0 N–H and O–H groups in total. The van der Waals surface area contributed by atoms with E-state index in [4.69, 9.17) is 13.8 Å². The zero-order chi connectivity index (χ0) is 61.3. The molecule has 84 heavy (non-hydrogen) atoms. The van der Waals surface area contributed by atoms with E-state index >= 15 is 0 Å². The maximum absolute atomic E-state index is 9.42. The van der Waals surface area contributed by atoms with E-state index in [1.54, 1.807) is 0 Å². The average Bonchev–Trinajstić information content (AvgIpc) is 1.63. The fourth-order valence-electron chi connectivity index (χ4n) is 12.0. The molecule has 1 aliphatic heterocycles. The number of para-hydroxylation sites is 2. The Balaban J connectivity index is 0.00000729. The molecule has 1 aliphatic rings. The number of hydrogen-bond acceptors (Lipinski definition) is 2. The van der Waals surface area contributed by atoms with Gasteiger partial charge in [-0.05, 0) is 135 Å². The minimum atomic E-state index is -0.440. The first-order valence-corrected chi connectivity index (χ1v) is 28.4. The van der Waals surface area contributed by atoms with E-state index in [-0.39, 0.29) is 55.0 Å². The summed E-state index contributed by atoms with van der Waals surface area (Å²) >= 11 is 0. The van der Waals surface area contributed by atoms with Crippen molar-refractivity contribution in [2.45, 2.75) is 78.6 Å². The van der Waals surface area contributed by atoms with E-state index in [1.807, 2.05) is 54.7 Å². The molecule has 0 aliphatic carbocycles. The van der Waals surface area contributed by atoms with Gasteiger partial charge in [-0.15, -0.1) is 29.7 Å². The molecular formula is C78H64N4OPt-2. The van der Waals surface area contributed by atoms with Gasteiger partial charge < -0.3 is 13.9 Å². The van der Waals surface area contributed by atoms with Crippen LogP contribution in [0, 0.1) is 18.5 Å². The van der Waals surface area contributed by atoms with Crippen LogP contribution < -0.4 is 9.30 Å². The van der Waals surface area contributed by atoms with Gasteiger partial charge in [0.1, 0.15) is 5.82 Å². The predicted octanol–water partition coefficient (Wildman–Crippen LogP) is 19.8. The molecule has 0 bridgehead atoms. The third kappa shape index (κ3) is 9.49. The number of benzene rings is 10. The topological polar surface area (TPSA) is 35.9 Å². The van der Waals surface area contributed by atoms with Crippen LogP contribution in [-0.2, 0) is 37.3 Å². The number of fused-ring (bicyclic) bond motifs is 10. The van der Waals surface area contributed by atoms with Crippen LogP contribution in [-0.4, -0.2) is 14.1 Å². The molecule has 10 aromatic carbocycles. The summed E-state index contributed by atoms with van der Waals surface area (Å²) in [5.41, 5.74) is 18.1. The third-order valence-electron chi connectivity index (χ3n) is 16.4. The molecule has 5 nitrogen and oxygen atoms in total. The normalized spacial score (nSPS) is 13.1. The quantitative estimate of drug-likeness (QED) is 0.118. The van der Waals surface area contributed by atoms with Crippen molar-refractivity contribution in [2.75, 3.05) is 0 Å². The van der Waals surface area contributed by atoms with Crippen molar-refractivity contribution in [1.29, 1.82) is 0 Å². The van der Waals surface area contributed by atoms with Crippen LogP contribution in [0.3, 0.4) is 0 Å². The van der Waals surface area contributed by atoms with Gasteiger partial charge in [0.25, 0.3) is 6.33 Å². The maximum Gasteiger partial charge on any atom is 0.268 e. The molecule has 0 fully saturated rings. The summed E-state index contributed by atoms with van der Waals surface area (Å²) in [6, 6.07) is 71.0. The van der Waals surface area contributed by atoms with Crippen molar-refractivity contribution >= 4 is 32.8 Å². The Morgan fingerprint density at radius 2 is 1.08 bits per heavy atom. The van der Waals surface area contributed by atoms with Gasteiger partial charge in [-0.1, -0.05) is 232 Å². The first kappa shape index (κ1) is 48.6. The van der Waals surface area contributed by atoms with E-state index in [1.165, 1.54) is 16.7 Å². The predicted molar refractivity (Wildman–Crippen MR) is 342 cm³/mol. The van der Waals surface area contributed by atoms with Crippen LogP contribution in [0.1, 0.15) is 85.9 Å². The third-order valence-corrected chi connectivity index (χ3v) is 16.4. The maximum atomic E-state index is 9.42. The number of nitrogens with zero attached hydrogens (tertiary/aromatic N) is 4. The van der Waals surface area contributed by atoms with Gasteiger partial charge in [-0.2, -0.15) is 18.2 Å². The van der Waals surface area contributed by atoms with Gasteiger partial charge in [-0.25, -0.2) is 4.98 Å². The zero-order valence-corrected chi connectivity index (χ0v) is 50.8. The van der Waals surface area contributed by atoms with Crippen LogP contribution in [0.25, 0.3) is 117 Å². The van der Waals surface area contributed by atoms with Crippen LogP contribution in [0.4, 0.5) is 0 Å². The molecule has 0 saturated carbocycles. The largest absolute Gasteiger partial charge is 0.510 e. The summed E-state index contributed by atoms with van der Waals surface area (Å²) in [5, 5.41) is 2.13. The van der Waals surface area contributed by atoms with Gasteiger partial charge in [0.15, 0.2) is 0 Å².